The van der Waals surface area contributed by atoms with Crippen LogP contribution in [0.5, 0.6) is 0 Å². The lowest BCUT2D eigenvalue weighted by molar-refractivity contribution is -0.116. The molecule has 0 aromatic heterocycles. The van der Waals surface area contributed by atoms with Gasteiger partial charge in [-0.25, -0.2) is 0 Å². The van der Waals surface area contributed by atoms with Crippen LogP contribution in [0.2, 0.25) is 78.6 Å². The molecule has 0 N–H and O–H groups in total. The molecule has 1 rings (SSSR count). The highest BCUT2D eigenvalue weighted by Crippen LogP contribution is 2.33. The fourth-order valence-electron chi connectivity index (χ4n) is 2.69. The minimum Gasteiger partial charge on any atom is -0.415 e. The van der Waals surface area contributed by atoms with Gasteiger partial charge in [-0.3, -0.25) is 0 Å². The Labute approximate surface area is 165 Å². The van der Waals surface area contributed by atoms with Crippen molar-refractivity contribution in [3.05, 3.63) is 0 Å². The highest BCUT2D eigenvalue weighted by molar-refractivity contribution is 6.71. The second-order valence-corrected chi connectivity index (χ2v) is 29.0. The Balaban J connectivity index is 3.10. The lowest BCUT2D eigenvalue weighted by atomic mass is 10.1. The normalized spacial score (nSPS) is 28.6. The van der Waals surface area contributed by atoms with E-state index in [4.69, 9.17) is 22.4 Å². The van der Waals surface area contributed by atoms with E-state index in [1.165, 1.54) is 0 Å². The van der Waals surface area contributed by atoms with Crippen LogP contribution in [0.3, 0.4) is 0 Å². The van der Waals surface area contributed by atoms with Crippen LogP contribution in [0.1, 0.15) is 0 Å². The summed E-state index contributed by atoms with van der Waals surface area (Å²) in [5.41, 5.74) is 0. The second-order valence-electron chi connectivity index (χ2n) is 11.1. The average molecular weight is 439 g/mol. The van der Waals surface area contributed by atoms with Crippen molar-refractivity contribution in [2.45, 2.75) is 103 Å². The van der Waals surface area contributed by atoms with Gasteiger partial charge in [0.1, 0.15) is 18.3 Å². The van der Waals surface area contributed by atoms with Gasteiger partial charge in [0.05, 0.1) is 6.61 Å². The monoisotopic (exact) mass is 438 g/mol. The van der Waals surface area contributed by atoms with Crippen LogP contribution in [0, 0.1) is 0 Å². The molecule has 0 aliphatic carbocycles. The summed E-state index contributed by atoms with van der Waals surface area (Å²) in [4.78, 5) is 0. The standard InChI is InChI=1S/C17H42O5Si4/c1-23(2,3)18-13-14-15(20-24(4,5)6)16(21-25(7,8)9)17(19-14)22-26(10,11)12/h14-17H,13H2,1-12H3/t14-,15-,16+,17?/m0/s1. The molecule has 5 nitrogen and oxygen atoms in total. The lowest BCUT2D eigenvalue weighted by Gasteiger charge is -2.35. The molecule has 9 heteroatoms. The molecule has 0 amide bonds. The fraction of sp³-hybridized carbons (Fsp3) is 1.00. The van der Waals surface area contributed by atoms with Gasteiger partial charge >= 0.3 is 0 Å². The van der Waals surface area contributed by atoms with Gasteiger partial charge in [-0.1, -0.05) is 0 Å². The van der Waals surface area contributed by atoms with Crippen molar-refractivity contribution < 1.29 is 22.4 Å². The fourth-order valence-corrected chi connectivity index (χ4v) is 6.40. The number of hydrogen-bond donors (Lipinski definition) is 0. The van der Waals surface area contributed by atoms with Crippen molar-refractivity contribution in [1.82, 2.24) is 0 Å². The van der Waals surface area contributed by atoms with E-state index in [2.05, 4.69) is 78.6 Å². The first-order valence-electron chi connectivity index (χ1n) is 9.69. The smallest absolute Gasteiger partial charge is 0.187 e. The van der Waals surface area contributed by atoms with E-state index in [9.17, 15) is 0 Å². The molecule has 1 unspecified atom stereocenters. The predicted octanol–water partition coefficient (Wildman–Crippen LogP) is 4.85. The van der Waals surface area contributed by atoms with Gasteiger partial charge in [0.2, 0.25) is 0 Å². The SMILES string of the molecule is C[Si](C)(C)OC[C@@H]1OC(O[Si](C)(C)C)[C@H](O[Si](C)(C)C)[C@H]1O[Si](C)(C)C. The molecule has 1 fully saturated rings. The van der Waals surface area contributed by atoms with Crippen LogP contribution in [0.4, 0.5) is 0 Å². The van der Waals surface area contributed by atoms with Gasteiger partial charge in [0, 0.05) is 0 Å². The number of hydrogen-bond acceptors (Lipinski definition) is 5. The molecule has 0 spiro atoms. The zero-order valence-corrected chi connectivity index (χ0v) is 23.1. The van der Waals surface area contributed by atoms with Crippen LogP contribution >= 0.6 is 0 Å². The van der Waals surface area contributed by atoms with Gasteiger partial charge in [-0.2, -0.15) is 0 Å². The van der Waals surface area contributed by atoms with Crippen molar-refractivity contribution in [3.8, 4) is 0 Å². The van der Waals surface area contributed by atoms with E-state index in [1.807, 2.05) is 0 Å². The summed E-state index contributed by atoms with van der Waals surface area (Å²) in [6.07, 6.45) is -0.831. The summed E-state index contributed by atoms with van der Waals surface area (Å²) in [7, 11) is -6.99. The summed E-state index contributed by atoms with van der Waals surface area (Å²) >= 11 is 0. The minimum absolute atomic E-state index is 0.133. The maximum absolute atomic E-state index is 6.56. The summed E-state index contributed by atoms with van der Waals surface area (Å²) < 4.78 is 32.0. The molecule has 26 heavy (non-hydrogen) atoms. The Morgan fingerprint density at radius 1 is 0.577 bits per heavy atom. The third kappa shape index (κ3) is 9.74. The molecular formula is C17H42O5Si4. The molecule has 1 aliphatic rings. The van der Waals surface area contributed by atoms with Gasteiger partial charge in [-0.05, 0) is 78.6 Å². The van der Waals surface area contributed by atoms with Crippen LogP contribution in [-0.2, 0) is 22.4 Å². The third-order valence-electron chi connectivity index (χ3n) is 3.40. The van der Waals surface area contributed by atoms with Crippen LogP contribution < -0.4 is 0 Å². The zero-order valence-electron chi connectivity index (χ0n) is 19.1. The Morgan fingerprint density at radius 3 is 1.38 bits per heavy atom. The maximum Gasteiger partial charge on any atom is 0.187 e. The van der Waals surface area contributed by atoms with E-state index < -0.39 is 33.3 Å². The van der Waals surface area contributed by atoms with Crippen LogP contribution in [-0.4, -0.2) is 64.5 Å². The zero-order chi connectivity index (χ0) is 20.6. The summed E-state index contributed by atoms with van der Waals surface area (Å²) in [6, 6.07) is 0. The number of rotatable bonds is 9. The molecule has 0 bridgehead atoms. The molecular weight excluding hydrogens is 397 g/mol. The third-order valence-corrected chi connectivity index (χ3v) is 7.33. The van der Waals surface area contributed by atoms with Gasteiger partial charge in [-0.15, -0.1) is 0 Å². The molecule has 0 saturated carbocycles. The Kier molecular flexibility index (Phi) is 8.15. The topological polar surface area (TPSA) is 46.2 Å². The summed E-state index contributed by atoms with van der Waals surface area (Å²) in [6.45, 7) is 26.9. The quantitative estimate of drug-likeness (QED) is 0.481. The van der Waals surface area contributed by atoms with E-state index in [0.29, 0.717) is 6.61 Å². The maximum atomic E-state index is 6.56. The Morgan fingerprint density at radius 2 is 1.00 bits per heavy atom. The molecule has 0 aromatic carbocycles. The first kappa shape index (κ1) is 24.7. The molecule has 156 valence electrons. The predicted molar refractivity (Wildman–Crippen MR) is 119 cm³/mol. The van der Waals surface area contributed by atoms with Crippen molar-refractivity contribution in [1.29, 1.82) is 0 Å². The molecule has 1 aliphatic heterocycles. The molecule has 0 radical (unpaired) electrons. The molecule has 1 saturated heterocycles. The van der Waals surface area contributed by atoms with Crippen molar-refractivity contribution >= 4 is 33.3 Å². The first-order valence-corrected chi connectivity index (χ1v) is 23.3. The van der Waals surface area contributed by atoms with Crippen LogP contribution in [0.25, 0.3) is 0 Å². The average Bonchev–Trinajstić information content (AvgIpc) is 2.59. The van der Waals surface area contributed by atoms with E-state index >= 15 is 0 Å². The second kappa shape index (κ2) is 8.58. The molecule has 1 heterocycles. The van der Waals surface area contributed by atoms with E-state index in [1.54, 1.807) is 0 Å². The minimum atomic E-state index is -1.79. The largest absolute Gasteiger partial charge is 0.415 e. The summed E-state index contributed by atoms with van der Waals surface area (Å²) in [5.74, 6) is 0. The molecule has 0 aromatic rings. The van der Waals surface area contributed by atoms with Crippen molar-refractivity contribution in [3.63, 3.8) is 0 Å². The van der Waals surface area contributed by atoms with Gasteiger partial charge < -0.3 is 22.4 Å². The van der Waals surface area contributed by atoms with Gasteiger partial charge in [0.25, 0.3) is 0 Å². The van der Waals surface area contributed by atoms with Crippen molar-refractivity contribution in [2.75, 3.05) is 6.61 Å². The highest BCUT2D eigenvalue weighted by atomic mass is 28.4. The Bertz CT molecular complexity index is 448. The summed E-state index contributed by atoms with van der Waals surface area (Å²) in [5, 5.41) is 0. The highest BCUT2D eigenvalue weighted by Gasteiger charge is 2.51. The number of ether oxygens (including phenoxy) is 1. The lowest BCUT2D eigenvalue weighted by Crippen LogP contribution is -2.50. The first-order chi connectivity index (χ1) is 11.4. The van der Waals surface area contributed by atoms with E-state index in [0.717, 1.165) is 0 Å². The van der Waals surface area contributed by atoms with Crippen molar-refractivity contribution in [2.24, 2.45) is 0 Å². The van der Waals surface area contributed by atoms with E-state index in [-0.39, 0.29) is 24.6 Å². The van der Waals surface area contributed by atoms with Crippen LogP contribution in [0.15, 0.2) is 0 Å². The Hall–Kier alpha value is 0.668. The molecule has 4 atom stereocenters. The van der Waals surface area contributed by atoms with Gasteiger partial charge in [0.15, 0.2) is 39.6 Å².